The van der Waals surface area contributed by atoms with Crippen molar-refractivity contribution in [2.75, 3.05) is 13.7 Å². The van der Waals surface area contributed by atoms with Crippen LogP contribution in [-0.4, -0.2) is 42.7 Å². The highest BCUT2D eigenvalue weighted by molar-refractivity contribution is 9.10. The Bertz CT molecular complexity index is 943. The van der Waals surface area contributed by atoms with Gasteiger partial charge in [-0.25, -0.2) is 0 Å². The van der Waals surface area contributed by atoms with Gasteiger partial charge < -0.3 is 20.5 Å². The average molecular weight is 534 g/mol. The van der Waals surface area contributed by atoms with Crippen molar-refractivity contribution in [1.82, 2.24) is 10.6 Å². The third-order valence-electron chi connectivity index (χ3n) is 5.67. The van der Waals surface area contributed by atoms with Gasteiger partial charge in [-0.1, -0.05) is 74.0 Å². The minimum Gasteiger partial charge on any atom is -0.497 e. The van der Waals surface area contributed by atoms with Crippen LogP contribution in [0.5, 0.6) is 5.75 Å². The number of rotatable bonds is 11. The van der Waals surface area contributed by atoms with Gasteiger partial charge in [-0.2, -0.15) is 0 Å². The maximum atomic E-state index is 13.0. The topological polar surface area (TPSA) is 87.7 Å². The lowest BCUT2D eigenvalue weighted by atomic mass is 9.91. The number of hydrogen-bond donors (Lipinski definition) is 3. The molecule has 0 radical (unpaired) electrons. The van der Waals surface area contributed by atoms with Gasteiger partial charge in [-0.05, 0) is 48.4 Å². The molecule has 7 heteroatoms. The van der Waals surface area contributed by atoms with E-state index in [-0.39, 0.29) is 23.7 Å². The van der Waals surface area contributed by atoms with E-state index in [0.29, 0.717) is 24.3 Å². The molecular formula is C27H37BrN2O4. The van der Waals surface area contributed by atoms with Crippen molar-refractivity contribution in [2.45, 2.75) is 59.1 Å². The van der Waals surface area contributed by atoms with Gasteiger partial charge in [0.2, 0.25) is 5.91 Å². The fraction of sp³-hybridized carbons (Fsp3) is 0.481. The third kappa shape index (κ3) is 9.47. The van der Waals surface area contributed by atoms with Crippen LogP contribution in [0.2, 0.25) is 0 Å². The maximum absolute atomic E-state index is 13.0. The van der Waals surface area contributed by atoms with Crippen molar-refractivity contribution in [3.05, 3.63) is 64.1 Å². The van der Waals surface area contributed by atoms with Gasteiger partial charge in [-0.3, -0.25) is 9.59 Å². The zero-order valence-corrected chi connectivity index (χ0v) is 22.3. The molecule has 34 heavy (non-hydrogen) atoms. The first kappa shape index (κ1) is 27.9. The highest BCUT2D eigenvalue weighted by Gasteiger charge is 2.27. The fourth-order valence-electron chi connectivity index (χ4n) is 3.58. The quantitative estimate of drug-likeness (QED) is 0.390. The van der Waals surface area contributed by atoms with Gasteiger partial charge in [0.05, 0.1) is 19.3 Å². The van der Waals surface area contributed by atoms with E-state index in [1.165, 1.54) is 0 Å². The molecule has 0 aliphatic heterocycles. The van der Waals surface area contributed by atoms with Crippen molar-refractivity contribution in [1.29, 1.82) is 0 Å². The van der Waals surface area contributed by atoms with Crippen LogP contribution in [0.15, 0.2) is 53.0 Å². The number of carbonyl (C=O) groups excluding carboxylic acids is 2. The lowest BCUT2D eigenvalue weighted by Crippen LogP contribution is -2.46. The number of carbonyl (C=O) groups is 2. The molecule has 0 fully saturated rings. The third-order valence-corrected chi connectivity index (χ3v) is 6.12. The molecule has 2 rings (SSSR count). The molecule has 0 aliphatic carbocycles. The predicted molar refractivity (Wildman–Crippen MR) is 139 cm³/mol. The molecule has 0 aliphatic rings. The summed E-state index contributed by atoms with van der Waals surface area (Å²) in [7, 11) is 1.54. The molecule has 0 unspecified atom stereocenters. The number of aliphatic hydroxyl groups excluding tert-OH is 1. The van der Waals surface area contributed by atoms with Gasteiger partial charge in [0.1, 0.15) is 5.75 Å². The fourth-order valence-corrected chi connectivity index (χ4v) is 4.06. The first-order valence-corrected chi connectivity index (χ1v) is 12.4. The van der Waals surface area contributed by atoms with E-state index in [0.717, 1.165) is 16.5 Å². The summed E-state index contributed by atoms with van der Waals surface area (Å²) < 4.78 is 5.98. The van der Waals surface area contributed by atoms with Crippen LogP contribution in [0.1, 0.15) is 56.5 Å². The van der Waals surface area contributed by atoms with Crippen LogP contribution in [0.25, 0.3) is 0 Å². The van der Waals surface area contributed by atoms with Crippen LogP contribution in [0, 0.1) is 11.3 Å². The molecule has 0 bridgehead atoms. The van der Waals surface area contributed by atoms with Gasteiger partial charge in [0.25, 0.3) is 5.91 Å². The number of ether oxygens (including phenoxy) is 1. The Morgan fingerprint density at radius 1 is 1.12 bits per heavy atom. The highest BCUT2D eigenvalue weighted by atomic mass is 79.9. The van der Waals surface area contributed by atoms with Crippen LogP contribution in [0.4, 0.5) is 0 Å². The molecule has 6 nitrogen and oxygen atoms in total. The smallest absolute Gasteiger partial charge is 0.251 e. The normalized spacial score (nSPS) is 14.1. The minimum atomic E-state index is -0.901. The van der Waals surface area contributed by atoms with E-state index in [1.807, 2.05) is 30.3 Å². The second-order valence-corrected chi connectivity index (χ2v) is 10.9. The van der Waals surface area contributed by atoms with Gasteiger partial charge in [0, 0.05) is 22.5 Å². The van der Waals surface area contributed by atoms with Gasteiger partial charge >= 0.3 is 0 Å². The molecule has 2 amide bonds. The molecule has 0 aromatic heterocycles. The number of nitrogens with one attached hydrogen (secondary N) is 2. The number of hydrogen-bond acceptors (Lipinski definition) is 4. The zero-order chi connectivity index (χ0) is 25.3. The summed E-state index contributed by atoms with van der Waals surface area (Å²) in [5.74, 6) is -0.247. The Hall–Kier alpha value is -2.38. The lowest BCUT2D eigenvalue weighted by Gasteiger charge is -2.27. The Labute approximate surface area is 211 Å². The second-order valence-electron chi connectivity index (χ2n) is 9.96. The van der Waals surface area contributed by atoms with Crippen molar-refractivity contribution >= 4 is 27.7 Å². The Kier molecular flexibility index (Phi) is 10.6. The number of benzene rings is 2. The van der Waals surface area contributed by atoms with E-state index >= 15 is 0 Å². The highest BCUT2D eigenvalue weighted by Crippen LogP contribution is 2.22. The summed E-state index contributed by atoms with van der Waals surface area (Å²) >= 11 is 3.40. The molecule has 0 heterocycles. The standard InChI is InChI=1S/C27H37BrN2O4/c1-18(25(32)29-12-11-27(2,3)4)13-24(31)23(14-19-9-7-6-8-10-19)30-26(33)20-15-21(28)17-22(16-20)34-5/h6-10,15-18,23-24,31H,11-14H2,1-5H3,(H,29,32)(H,30,33)/t18-,23+,24-/m1/s1. The molecule has 2 aromatic rings. The van der Waals surface area contributed by atoms with E-state index in [2.05, 4.69) is 47.3 Å². The SMILES string of the molecule is COc1cc(Br)cc(C(=O)N[C@@H](Cc2ccccc2)[C@H](O)C[C@@H](C)C(=O)NCCC(C)(C)C)c1. The van der Waals surface area contributed by atoms with E-state index in [1.54, 1.807) is 32.2 Å². The van der Waals surface area contributed by atoms with E-state index in [9.17, 15) is 14.7 Å². The lowest BCUT2D eigenvalue weighted by molar-refractivity contribution is -0.125. The summed E-state index contributed by atoms with van der Waals surface area (Å²) in [6, 6.07) is 14.2. The second kappa shape index (κ2) is 12.9. The molecular weight excluding hydrogens is 496 g/mol. The predicted octanol–water partition coefficient (Wildman–Crippen LogP) is 4.74. The maximum Gasteiger partial charge on any atom is 0.251 e. The molecule has 0 spiro atoms. The summed E-state index contributed by atoms with van der Waals surface area (Å²) in [6.45, 7) is 8.78. The number of amides is 2. The number of aliphatic hydroxyl groups is 1. The molecule has 3 N–H and O–H groups in total. The molecule has 2 aromatic carbocycles. The molecule has 186 valence electrons. The van der Waals surface area contributed by atoms with Crippen molar-refractivity contribution in [3.63, 3.8) is 0 Å². The molecule has 0 saturated carbocycles. The Balaban J connectivity index is 2.11. The Morgan fingerprint density at radius 3 is 2.41 bits per heavy atom. The van der Waals surface area contributed by atoms with Crippen LogP contribution >= 0.6 is 15.9 Å². The average Bonchev–Trinajstić information content (AvgIpc) is 2.77. The molecule has 0 saturated heterocycles. The summed E-state index contributed by atoms with van der Waals surface area (Å²) in [6.07, 6.45) is 0.649. The summed E-state index contributed by atoms with van der Waals surface area (Å²) in [4.78, 5) is 25.6. The van der Waals surface area contributed by atoms with Crippen LogP contribution in [0.3, 0.4) is 0 Å². The van der Waals surface area contributed by atoms with Gasteiger partial charge in [0.15, 0.2) is 0 Å². The number of halogens is 1. The summed E-state index contributed by atoms with van der Waals surface area (Å²) in [5.41, 5.74) is 1.54. The van der Waals surface area contributed by atoms with Crippen LogP contribution in [-0.2, 0) is 11.2 Å². The zero-order valence-electron chi connectivity index (χ0n) is 20.7. The largest absolute Gasteiger partial charge is 0.497 e. The van der Waals surface area contributed by atoms with Crippen LogP contribution < -0.4 is 15.4 Å². The van der Waals surface area contributed by atoms with Crippen molar-refractivity contribution in [2.24, 2.45) is 11.3 Å². The van der Waals surface area contributed by atoms with Crippen molar-refractivity contribution < 1.29 is 19.4 Å². The summed E-state index contributed by atoms with van der Waals surface area (Å²) in [5, 5.41) is 17.0. The monoisotopic (exact) mass is 532 g/mol. The van der Waals surface area contributed by atoms with Gasteiger partial charge in [-0.15, -0.1) is 0 Å². The first-order chi connectivity index (χ1) is 16.0. The van der Waals surface area contributed by atoms with E-state index in [4.69, 9.17) is 4.74 Å². The first-order valence-electron chi connectivity index (χ1n) is 11.6. The molecule has 3 atom stereocenters. The Morgan fingerprint density at radius 2 is 1.79 bits per heavy atom. The number of methoxy groups -OCH3 is 1. The van der Waals surface area contributed by atoms with Crippen molar-refractivity contribution in [3.8, 4) is 5.75 Å². The van der Waals surface area contributed by atoms with E-state index < -0.39 is 18.1 Å². The minimum absolute atomic E-state index is 0.0928.